The van der Waals surface area contributed by atoms with E-state index in [4.69, 9.17) is 9.72 Å². The first-order valence-corrected chi connectivity index (χ1v) is 12.3. The number of ether oxygens (including phenoxy) is 1. The third-order valence-corrected chi connectivity index (χ3v) is 6.43. The third kappa shape index (κ3) is 4.39. The second-order valence-corrected chi connectivity index (χ2v) is 8.84. The molecule has 1 aliphatic heterocycles. The van der Waals surface area contributed by atoms with Gasteiger partial charge in [0.05, 0.1) is 17.4 Å². The number of anilines is 1. The van der Waals surface area contributed by atoms with Gasteiger partial charge in [0.2, 0.25) is 11.1 Å². The van der Waals surface area contributed by atoms with Crippen LogP contribution in [0.25, 0.3) is 11.3 Å². The molecule has 6 nitrogen and oxygen atoms in total. The molecule has 1 aliphatic rings. The molecule has 1 amide bonds. The smallest absolute Gasteiger partial charge is 0.224 e. The third-order valence-electron chi connectivity index (χ3n) is 5.89. The van der Waals surface area contributed by atoms with Gasteiger partial charge in [0.25, 0.3) is 0 Å². The highest BCUT2D eigenvalue weighted by atomic mass is 32.2. The van der Waals surface area contributed by atoms with Crippen LogP contribution in [0.5, 0.6) is 5.75 Å². The van der Waals surface area contributed by atoms with E-state index in [0.29, 0.717) is 18.2 Å². The van der Waals surface area contributed by atoms with E-state index in [1.54, 1.807) is 6.92 Å². The first-order chi connectivity index (χ1) is 16.6. The Balaban J connectivity index is 1.51. The van der Waals surface area contributed by atoms with Crippen LogP contribution < -0.4 is 9.64 Å². The van der Waals surface area contributed by atoms with Crippen molar-refractivity contribution in [3.05, 3.63) is 95.7 Å². The highest BCUT2D eigenvalue weighted by Gasteiger charge is 2.33. The number of amides is 1. The van der Waals surface area contributed by atoms with Crippen LogP contribution in [-0.4, -0.2) is 27.3 Å². The number of thioether (sulfide) groups is 1. The molecule has 5 rings (SSSR count). The fourth-order valence-corrected chi connectivity index (χ4v) is 4.61. The van der Waals surface area contributed by atoms with Crippen LogP contribution in [0.3, 0.4) is 0 Å². The molecule has 2 heterocycles. The average molecular weight is 469 g/mol. The largest absolute Gasteiger partial charge is 0.489 e. The second kappa shape index (κ2) is 9.65. The summed E-state index contributed by atoms with van der Waals surface area (Å²) in [6.45, 7) is 2.10. The lowest BCUT2D eigenvalue weighted by molar-refractivity contribution is -0.117. The van der Waals surface area contributed by atoms with Crippen LogP contribution in [-0.2, 0) is 17.8 Å². The monoisotopic (exact) mass is 468 g/mol. The van der Waals surface area contributed by atoms with Crippen molar-refractivity contribution in [1.29, 1.82) is 0 Å². The predicted molar refractivity (Wildman–Crippen MR) is 134 cm³/mol. The maximum atomic E-state index is 12.9. The van der Waals surface area contributed by atoms with Crippen molar-refractivity contribution in [3.63, 3.8) is 0 Å². The minimum Gasteiger partial charge on any atom is -0.489 e. The lowest BCUT2D eigenvalue weighted by atomic mass is 10.00. The zero-order valence-electron chi connectivity index (χ0n) is 19.0. The van der Waals surface area contributed by atoms with Gasteiger partial charge in [-0.25, -0.2) is 4.98 Å². The lowest BCUT2D eigenvalue weighted by Crippen LogP contribution is -2.34. The average Bonchev–Trinajstić information content (AvgIpc) is 3.02. The lowest BCUT2D eigenvalue weighted by Gasteiger charge is -2.30. The number of nitrogens with zero attached hydrogens (tertiary/aromatic N) is 4. The molecular formula is C27H24N4O2S. The SMILES string of the molecule is CSc1nnc2c(n1)CC(c1ccc(OCc3ccccc3)cc1)N(C(C)=O)c1ccccc1-2. The van der Waals surface area contributed by atoms with Gasteiger partial charge in [-0.3, -0.25) is 4.79 Å². The number of para-hydroxylation sites is 1. The van der Waals surface area contributed by atoms with Crippen molar-refractivity contribution in [2.75, 3.05) is 11.2 Å². The van der Waals surface area contributed by atoms with E-state index in [1.807, 2.05) is 90.0 Å². The van der Waals surface area contributed by atoms with E-state index < -0.39 is 0 Å². The molecule has 0 saturated carbocycles. The highest BCUT2D eigenvalue weighted by Crippen LogP contribution is 2.41. The maximum absolute atomic E-state index is 12.9. The summed E-state index contributed by atoms with van der Waals surface area (Å²) < 4.78 is 5.96. The van der Waals surface area contributed by atoms with Gasteiger partial charge in [0, 0.05) is 18.9 Å². The second-order valence-electron chi connectivity index (χ2n) is 8.06. The van der Waals surface area contributed by atoms with Gasteiger partial charge in [0.1, 0.15) is 18.1 Å². The van der Waals surface area contributed by atoms with Gasteiger partial charge in [-0.1, -0.05) is 72.4 Å². The van der Waals surface area contributed by atoms with E-state index in [1.165, 1.54) is 11.8 Å². The summed E-state index contributed by atoms with van der Waals surface area (Å²) in [5.41, 5.74) is 5.37. The zero-order valence-corrected chi connectivity index (χ0v) is 19.8. The molecule has 0 saturated heterocycles. The molecule has 1 atom stereocenters. The van der Waals surface area contributed by atoms with E-state index in [-0.39, 0.29) is 11.9 Å². The molecule has 3 aromatic carbocycles. The summed E-state index contributed by atoms with van der Waals surface area (Å²) in [4.78, 5) is 19.6. The molecule has 4 aromatic rings. The number of fused-ring (bicyclic) bond motifs is 3. The first kappa shape index (κ1) is 22.1. The van der Waals surface area contributed by atoms with Crippen molar-refractivity contribution in [1.82, 2.24) is 15.2 Å². The minimum absolute atomic E-state index is 0.0345. The van der Waals surface area contributed by atoms with Crippen LogP contribution in [0, 0.1) is 0 Å². The van der Waals surface area contributed by atoms with E-state index >= 15 is 0 Å². The van der Waals surface area contributed by atoms with Gasteiger partial charge in [-0.15, -0.1) is 10.2 Å². The topological polar surface area (TPSA) is 68.2 Å². The summed E-state index contributed by atoms with van der Waals surface area (Å²) in [6.07, 6.45) is 2.47. The van der Waals surface area contributed by atoms with Crippen LogP contribution in [0.2, 0.25) is 0 Å². The standard InChI is InChI=1S/C27H24N4O2S/c1-18(32)31-24-11-7-6-10-22(24)26-23(28-27(34-2)30-29-26)16-25(31)20-12-14-21(15-13-20)33-17-19-8-4-3-5-9-19/h3-15,25H,16-17H2,1-2H3. The van der Waals surface area contributed by atoms with Crippen LogP contribution >= 0.6 is 11.8 Å². The number of hydrogen-bond acceptors (Lipinski definition) is 6. The van der Waals surface area contributed by atoms with Gasteiger partial charge in [-0.2, -0.15) is 0 Å². The summed E-state index contributed by atoms with van der Waals surface area (Å²) in [6, 6.07) is 25.6. The van der Waals surface area contributed by atoms with Crippen LogP contribution in [0.4, 0.5) is 5.69 Å². The Bertz CT molecular complexity index is 1310. The molecule has 1 aromatic heterocycles. The van der Waals surface area contributed by atoms with E-state index in [2.05, 4.69) is 10.2 Å². The Labute approximate surface area is 203 Å². The Morgan fingerprint density at radius 2 is 1.74 bits per heavy atom. The van der Waals surface area contributed by atoms with E-state index in [0.717, 1.165) is 39.5 Å². The van der Waals surface area contributed by atoms with Crippen LogP contribution in [0.1, 0.15) is 29.8 Å². The molecule has 170 valence electrons. The summed E-state index contributed by atoms with van der Waals surface area (Å²) in [5.74, 6) is 0.748. The number of hydrogen-bond donors (Lipinski definition) is 0. The number of aromatic nitrogens is 3. The van der Waals surface area contributed by atoms with Crippen molar-refractivity contribution in [2.24, 2.45) is 0 Å². The normalized spacial score (nSPS) is 14.6. The molecular weight excluding hydrogens is 444 g/mol. The Morgan fingerprint density at radius 1 is 1.00 bits per heavy atom. The molecule has 34 heavy (non-hydrogen) atoms. The number of benzene rings is 3. The quantitative estimate of drug-likeness (QED) is 0.361. The van der Waals surface area contributed by atoms with Crippen molar-refractivity contribution < 1.29 is 9.53 Å². The predicted octanol–water partition coefficient (Wildman–Crippen LogP) is 5.49. The minimum atomic E-state index is -0.227. The van der Waals surface area contributed by atoms with Crippen molar-refractivity contribution in [3.8, 4) is 17.0 Å². The van der Waals surface area contributed by atoms with E-state index in [9.17, 15) is 4.79 Å². The fraction of sp³-hybridized carbons (Fsp3) is 0.185. The molecule has 0 N–H and O–H groups in total. The van der Waals surface area contributed by atoms with Gasteiger partial charge >= 0.3 is 0 Å². The molecule has 7 heteroatoms. The Morgan fingerprint density at radius 3 is 2.47 bits per heavy atom. The summed E-state index contributed by atoms with van der Waals surface area (Å²) in [7, 11) is 0. The van der Waals surface area contributed by atoms with Gasteiger partial charge < -0.3 is 9.64 Å². The number of carbonyl (C=O) groups excluding carboxylic acids is 1. The zero-order chi connectivity index (χ0) is 23.5. The highest BCUT2D eigenvalue weighted by molar-refractivity contribution is 7.98. The molecule has 0 bridgehead atoms. The Kier molecular flexibility index (Phi) is 6.27. The summed E-state index contributed by atoms with van der Waals surface area (Å²) >= 11 is 1.46. The molecule has 0 fully saturated rings. The maximum Gasteiger partial charge on any atom is 0.224 e. The number of rotatable bonds is 5. The molecule has 0 radical (unpaired) electrons. The van der Waals surface area contributed by atoms with Gasteiger partial charge in [0.15, 0.2) is 0 Å². The number of carbonyl (C=O) groups is 1. The Hall–Kier alpha value is -3.71. The molecule has 1 unspecified atom stereocenters. The first-order valence-electron chi connectivity index (χ1n) is 11.1. The van der Waals surface area contributed by atoms with Crippen LogP contribution in [0.15, 0.2) is 84.0 Å². The van der Waals surface area contributed by atoms with Crippen molar-refractivity contribution in [2.45, 2.75) is 31.1 Å². The summed E-state index contributed by atoms with van der Waals surface area (Å²) in [5, 5.41) is 9.37. The van der Waals surface area contributed by atoms with Gasteiger partial charge in [-0.05, 0) is 35.6 Å². The molecule has 0 spiro atoms. The molecule has 0 aliphatic carbocycles. The van der Waals surface area contributed by atoms with Crippen molar-refractivity contribution >= 4 is 23.4 Å². The fourth-order valence-electron chi connectivity index (χ4n) is 4.29.